The summed E-state index contributed by atoms with van der Waals surface area (Å²) in [7, 11) is 0. The Morgan fingerprint density at radius 3 is 3.00 bits per heavy atom. The predicted octanol–water partition coefficient (Wildman–Crippen LogP) is -0.982. The standard InChI is InChI=1S/C9H15N5O2/c10-3-1-4-12-8(15)7-13-5-2-6-14(11)9(13)16/h1-2,4-7,11H2,(H,12,15). The lowest BCUT2D eigenvalue weighted by Gasteiger charge is -2.32. The van der Waals surface area contributed by atoms with Crippen LogP contribution in [0.25, 0.3) is 0 Å². The third-order valence-corrected chi connectivity index (χ3v) is 2.24. The zero-order valence-electron chi connectivity index (χ0n) is 8.98. The SMILES string of the molecule is N#CCCNC(=O)CN1CCCN(N)C1=O. The smallest absolute Gasteiger partial charge is 0.334 e. The molecule has 0 spiro atoms. The lowest BCUT2D eigenvalue weighted by atomic mass is 10.3. The summed E-state index contributed by atoms with van der Waals surface area (Å²) in [5.74, 6) is 5.17. The van der Waals surface area contributed by atoms with Crippen LogP contribution in [0.15, 0.2) is 0 Å². The Hall–Kier alpha value is -1.81. The van der Waals surface area contributed by atoms with Crippen LogP contribution in [0.1, 0.15) is 12.8 Å². The van der Waals surface area contributed by atoms with E-state index < -0.39 is 0 Å². The van der Waals surface area contributed by atoms with E-state index in [1.807, 2.05) is 6.07 Å². The van der Waals surface area contributed by atoms with E-state index in [-0.39, 0.29) is 24.9 Å². The summed E-state index contributed by atoms with van der Waals surface area (Å²) in [5.41, 5.74) is 0. The summed E-state index contributed by atoms with van der Waals surface area (Å²) in [6.07, 6.45) is 1.02. The molecule has 16 heavy (non-hydrogen) atoms. The van der Waals surface area contributed by atoms with Crippen molar-refractivity contribution in [3.63, 3.8) is 0 Å². The predicted molar refractivity (Wildman–Crippen MR) is 55.7 cm³/mol. The number of hydrogen-bond acceptors (Lipinski definition) is 4. The number of nitriles is 1. The molecule has 1 aliphatic rings. The average Bonchev–Trinajstić information content (AvgIpc) is 2.25. The molecule has 1 fully saturated rings. The van der Waals surface area contributed by atoms with Crippen LogP contribution in [0, 0.1) is 11.3 Å². The zero-order valence-corrected chi connectivity index (χ0v) is 8.98. The van der Waals surface area contributed by atoms with Crippen LogP contribution >= 0.6 is 0 Å². The van der Waals surface area contributed by atoms with Crippen LogP contribution in [-0.4, -0.2) is 48.0 Å². The van der Waals surface area contributed by atoms with Crippen molar-refractivity contribution in [1.82, 2.24) is 15.2 Å². The summed E-state index contributed by atoms with van der Waals surface area (Å²) in [6, 6.07) is 1.59. The van der Waals surface area contributed by atoms with E-state index in [2.05, 4.69) is 5.32 Å². The molecule has 1 saturated heterocycles. The maximum absolute atomic E-state index is 11.5. The molecular formula is C9H15N5O2. The molecule has 0 aliphatic carbocycles. The molecule has 0 aromatic heterocycles. The number of carbonyl (C=O) groups is 2. The van der Waals surface area contributed by atoms with Gasteiger partial charge in [-0.1, -0.05) is 0 Å². The van der Waals surface area contributed by atoms with Gasteiger partial charge in [-0.15, -0.1) is 0 Å². The number of rotatable bonds is 4. The number of hydrazine groups is 1. The van der Waals surface area contributed by atoms with Crippen molar-refractivity contribution in [2.45, 2.75) is 12.8 Å². The summed E-state index contributed by atoms with van der Waals surface area (Å²) < 4.78 is 0. The summed E-state index contributed by atoms with van der Waals surface area (Å²) in [5, 5.41) is 11.9. The molecule has 1 heterocycles. The van der Waals surface area contributed by atoms with Crippen molar-refractivity contribution in [3.05, 3.63) is 0 Å². The molecule has 0 radical (unpaired) electrons. The number of amides is 3. The maximum Gasteiger partial charge on any atom is 0.334 e. The van der Waals surface area contributed by atoms with Gasteiger partial charge in [-0.05, 0) is 6.42 Å². The molecule has 7 heteroatoms. The van der Waals surface area contributed by atoms with E-state index >= 15 is 0 Å². The number of carbonyl (C=O) groups excluding carboxylic acids is 2. The first kappa shape index (κ1) is 12.3. The average molecular weight is 225 g/mol. The normalized spacial score (nSPS) is 15.9. The fourth-order valence-corrected chi connectivity index (χ4v) is 1.44. The van der Waals surface area contributed by atoms with Gasteiger partial charge >= 0.3 is 6.03 Å². The first-order chi connectivity index (χ1) is 7.65. The second kappa shape index (κ2) is 5.92. The highest BCUT2D eigenvalue weighted by atomic mass is 16.2. The van der Waals surface area contributed by atoms with Crippen molar-refractivity contribution in [3.8, 4) is 6.07 Å². The molecule has 88 valence electrons. The molecule has 1 aliphatic heterocycles. The van der Waals surface area contributed by atoms with E-state index in [9.17, 15) is 9.59 Å². The first-order valence-corrected chi connectivity index (χ1v) is 5.10. The molecule has 3 N–H and O–H groups in total. The Morgan fingerprint density at radius 2 is 2.31 bits per heavy atom. The summed E-state index contributed by atoms with van der Waals surface area (Å²) in [6.45, 7) is 1.37. The number of nitrogens with zero attached hydrogens (tertiary/aromatic N) is 3. The zero-order chi connectivity index (χ0) is 12.0. The molecule has 0 bridgehead atoms. The van der Waals surface area contributed by atoms with E-state index in [1.54, 1.807) is 0 Å². The minimum Gasteiger partial charge on any atom is -0.354 e. The van der Waals surface area contributed by atoms with Crippen molar-refractivity contribution in [2.75, 3.05) is 26.2 Å². The third-order valence-electron chi connectivity index (χ3n) is 2.24. The molecule has 0 aromatic rings. The van der Waals surface area contributed by atoms with Gasteiger partial charge in [0.05, 0.1) is 12.5 Å². The molecule has 0 aromatic carbocycles. The second-order valence-electron chi connectivity index (χ2n) is 3.51. The lowest BCUT2D eigenvalue weighted by Crippen LogP contribution is -2.54. The lowest BCUT2D eigenvalue weighted by molar-refractivity contribution is -0.121. The van der Waals surface area contributed by atoms with E-state index in [1.165, 1.54) is 4.90 Å². The van der Waals surface area contributed by atoms with Crippen LogP contribution < -0.4 is 11.2 Å². The van der Waals surface area contributed by atoms with Gasteiger partial charge in [-0.2, -0.15) is 5.26 Å². The Balaban J connectivity index is 2.33. The maximum atomic E-state index is 11.5. The topological polar surface area (TPSA) is 102 Å². The molecule has 7 nitrogen and oxygen atoms in total. The fraction of sp³-hybridized carbons (Fsp3) is 0.667. The second-order valence-corrected chi connectivity index (χ2v) is 3.51. The van der Waals surface area contributed by atoms with E-state index in [4.69, 9.17) is 11.1 Å². The minimum absolute atomic E-state index is 0.00202. The third kappa shape index (κ3) is 3.40. The molecule has 0 unspecified atom stereocenters. The number of nitrogens with two attached hydrogens (primary N) is 1. The van der Waals surface area contributed by atoms with Gasteiger partial charge < -0.3 is 10.2 Å². The van der Waals surface area contributed by atoms with Gasteiger partial charge in [0.25, 0.3) is 0 Å². The van der Waals surface area contributed by atoms with Crippen molar-refractivity contribution in [2.24, 2.45) is 5.84 Å². The van der Waals surface area contributed by atoms with Crippen molar-refractivity contribution < 1.29 is 9.59 Å². The van der Waals surface area contributed by atoms with E-state index in [0.717, 1.165) is 11.4 Å². The minimum atomic E-state index is -0.332. The van der Waals surface area contributed by atoms with Gasteiger partial charge in [0, 0.05) is 19.6 Å². The quantitative estimate of drug-likeness (QED) is 0.364. The molecule has 3 amide bonds. The van der Waals surface area contributed by atoms with Gasteiger partial charge in [-0.3, -0.25) is 9.80 Å². The first-order valence-electron chi connectivity index (χ1n) is 5.10. The highest BCUT2D eigenvalue weighted by molar-refractivity contribution is 5.84. The van der Waals surface area contributed by atoms with Gasteiger partial charge in [0.2, 0.25) is 5.91 Å². The van der Waals surface area contributed by atoms with Crippen molar-refractivity contribution in [1.29, 1.82) is 5.26 Å². The highest BCUT2D eigenvalue weighted by Gasteiger charge is 2.24. The Bertz CT molecular complexity index is 312. The van der Waals surface area contributed by atoms with Crippen LogP contribution in [0.2, 0.25) is 0 Å². The number of hydrogen-bond donors (Lipinski definition) is 2. The van der Waals surface area contributed by atoms with Crippen LogP contribution in [0.5, 0.6) is 0 Å². The molecule has 0 atom stereocenters. The monoisotopic (exact) mass is 225 g/mol. The van der Waals surface area contributed by atoms with Gasteiger partial charge in [0.1, 0.15) is 6.54 Å². The van der Waals surface area contributed by atoms with Gasteiger partial charge in [0.15, 0.2) is 0 Å². The van der Waals surface area contributed by atoms with Crippen LogP contribution in [0.4, 0.5) is 4.79 Å². The van der Waals surface area contributed by atoms with E-state index in [0.29, 0.717) is 19.6 Å². The summed E-state index contributed by atoms with van der Waals surface area (Å²) in [4.78, 5) is 24.2. The summed E-state index contributed by atoms with van der Waals surface area (Å²) >= 11 is 0. The number of urea groups is 1. The number of nitrogens with one attached hydrogen (secondary N) is 1. The fourth-order valence-electron chi connectivity index (χ4n) is 1.44. The Labute approximate surface area is 93.7 Å². The molecule has 0 saturated carbocycles. The highest BCUT2D eigenvalue weighted by Crippen LogP contribution is 2.04. The van der Waals surface area contributed by atoms with Crippen molar-refractivity contribution >= 4 is 11.9 Å². The van der Waals surface area contributed by atoms with Crippen LogP contribution in [-0.2, 0) is 4.79 Å². The van der Waals surface area contributed by atoms with Crippen LogP contribution in [0.3, 0.4) is 0 Å². The Kier molecular flexibility index (Phi) is 4.54. The largest absolute Gasteiger partial charge is 0.354 e. The molecule has 1 rings (SSSR count). The molecular weight excluding hydrogens is 210 g/mol. The Morgan fingerprint density at radius 1 is 1.56 bits per heavy atom. The van der Waals surface area contributed by atoms with Gasteiger partial charge in [-0.25, -0.2) is 10.6 Å².